The Labute approximate surface area is 348 Å². The largest absolute Gasteiger partial charge is 0.308 e. The van der Waals surface area contributed by atoms with E-state index in [-0.39, 0.29) is 5.41 Å². The van der Waals surface area contributed by atoms with Gasteiger partial charge in [0.15, 0.2) is 5.82 Å². The van der Waals surface area contributed by atoms with Gasteiger partial charge in [0, 0.05) is 43.7 Å². The Hall–Kier alpha value is -7.62. The topological polar surface area (TPSA) is 30.7 Å². The first-order valence-electron chi connectivity index (χ1n) is 20.7. The van der Waals surface area contributed by atoms with Gasteiger partial charge in [-0.05, 0) is 74.7 Å². The molecule has 0 fully saturated rings. The highest BCUT2D eigenvalue weighted by Gasteiger charge is 2.37. The first-order valence-corrected chi connectivity index (χ1v) is 20.7. The molecular weight excluding hydrogens is 727 g/mol. The zero-order valence-corrected chi connectivity index (χ0v) is 33.4. The molecule has 3 heteroatoms. The van der Waals surface area contributed by atoms with Crippen molar-refractivity contribution in [2.45, 2.75) is 19.3 Å². The molecule has 2 heterocycles. The van der Waals surface area contributed by atoms with Crippen molar-refractivity contribution in [3.8, 4) is 61.7 Å². The van der Waals surface area contributed by atoms with Crippen LogP contribution in [0.5, 0.6) is 0 Å². The lowest BCUT2D eigenvalue weighted by molar-refractivity contribution is 0.662. The van der Waals surface area contributed by atoms with Crippen molar-refractivity contribution >= 4 is 43.5 Å². The van der Waals surface area contributed by atoms with Crippen molar-refractivity contribution < 1.29 is 0 Å². The Bertz CT molecular complexity index is 3510. The van der Waals surface area contributed by atoms with Crippen LogP contribution in [0.25, 0.3) is 105 Å². The second kappa shape index (κ2) is 13.2. The van der Waals surface area contributed by atoms with E-state index in [2.05, 4.69) is 206 Å². The molecule has 2 aromatic heterocycles. The summed E-state index contributed by atoms with van der Waals surface area (Å²) < 4.78 is 2.49. The number of benzene rings is 9. The lowest BCUT2D eigenvalue weighted by atomic mass is 9.79. The minimum atomic E-state index is -0.122. The fourth-order valence-corrected chi connectivity index (χ4v) is 10.1. The van der Waals surface area contributed by atoms with Crippen molar-refractivity contribution in [3.05, 3.63) is 211 Å². The van der Waals surface area contributed by atoms with Gasteiger partial charge >= 0.3 is 0 Å². The van der Waals surface area contributed by atoms with Crippen LogP contribution in [-0.4, -0.2) is 14.5 Å². The van der Waals surface area contributed by atoms with E-state index in [4.69, 9.17) is 9.97 Å². The SMILES string of the molecule is CC1(C)c2ccccc2-c2cccc(-c3ccc4c(c3)c3cccc(-c5cccc(-c6nc(-c7ccccc7)c7ccccc7n6)c5)c3n4-c3cccc4ccccc34)c21. The maximum atomic E-state index is 5.24. The summed E-state index contributed by atoms with van der Waals surface area (Å²) in [5.41, 5.74) is 17.5. The van der Waals surface area contributed by atoms with Gasteiger partial charge in [-0.3, -0.25) is 0 Å². The molecular formula is C57H39N3. The average molecular weight is 766 g/mol. The number of nitrogens with zero attached hydrogens (tertiary/aromatic N) is 3. The van der Waals surface area contributed by atoms with Gasteiger partial charge in [-0.25, -0.2) is 9.97 Å². The Morgan fingerprint density at radius 3 is 1.97 bits per heavy atom. The van der Waals surface area contributed by atoms with Gasteiger partial charge < -0.3 is 4.57 Å². The number of para-hydroxylation sites is 2. The fraction of sp³-hybridized carbons (Fsp3) is 0.0526. The Balaban J connectivity index is 1.10. The van der Waals surface area contributed by atoms with Crippen molar-refractivity contribution in [1.29, 1.82) is 0 Å². The number of fused-ring (bicyclic) bond motifs is 8. The first kappa shape index (κ1) is 34.4. The van der Waals surface area contributed by atoms with Gasteiger partial charge in [0.05, 0.1) is 27.9 Å². The van der Waals surface area contributed by atoms with Crippen LogP contribution in [0.1, 0.15) is 25.0 Å². The van der Waals surface area contributed by atoms with E-state index in [1.165, 1.54) is 66.0 Å². The quantitative estimate of drug-likeness (QED) is 0.175. The minimum absolute atomic E-state index is 0.122. The summed E-state index contributed by atoms with van der Waals surface area (Å²) in [6.45, 7) is 4.75. The highest BCUT2D eigenvalue weighted by molar-refractivity contribution is 6.16. The summed E-state index contributed by atoms with van der Waals surface area (Å²) in [7, 11) is 0. The molecule has 0 spiro atoms. The van der Waals surface area contributed by atoms with Crippen LogP contribution in [0.4, 0.5) is 0 Å². The van der Waals surface area contributed by atoms with E-state index in [0.717, 1.165) is 44.5 Å². The molecule has 1 aliphatic rings. The predicted molar refractivity (Wildman–Crippen MR) is 251 cm³/mol. The van der Waals surface area contributed by atoms with Crippen LogP contribution in [0, 0.1) is 0 Å². The summed E-state index contributed by atoms with van der Waals surface area (Å²) in [5, 5.41) is 5.91. The molecule has 60 heavy (non-hydrogen) atoms. The van der Waals surface area contributed by atoms with E-state index < -0.39 is 0 Å². The summed E-state index contributed by atoms with van der Waals surface area (Å²) >= 11 is 0. The zero-order valence-electron chi connectivity index (χ0n) is 33.4. The summed E-state index contributed by atoms with van der Waals surface area (Å²) in [6.07, 6.45) is 0. The molecule has 282 valence electrons. The molecule has 0 radical (unpaired) electrons. The maximum Gasteiger partial charge on any atom is 0.160 e. The molecule has 11 aromatic rings. The molecule has 0 unspecified atom stereocenters. The van der Waals surface area contributed by atoms with Crippen molar-refractivity contribution in [3.63, 3.8) is 0 Å². The van der Waals surface area contributed by atoms with Gasteiger partial charge in [-0.15, -0.1) is 0 Å². The Morgan fingerprint density at radius 2 is 1.05 bits per heavy atom. The molecule has 0 aliphatic heterocycles. The Morgan fingerprint density at radius 1 is 0.417 bits per heavy atom. The second-order valence-electron chi connectivity index (χ2n) is 16.5. The third kappa shape index (κ3) is 5.15. The molecule has 0 saturated carbocycles. The third-order valence-corrected chi connectivity index (χ3v) is 12.8. The lowest BCUT2D eigenvalue weighted by Crippen LogP contribution is -2.16. The monoisotopic (exact) mass is 765 g/mol. The summed E-state index contributed by atoms with van der Waals surface area (Å²) in [6, 6.07) is 72.5. The van der Waals surface area contributed by atoms with Crippen LogP contribution in [0.3, 0.4) is 0 Å². The van der Waals surface area contributed by atoms with E-state index in [0.29, 0.717) is 5.82 Å². The van der Waals surface area contributed by atoms with Crippen molar-refractivity contribution in [1.82, 2.24) is 14.5 Å². The highest BCUT2D eigenvalue weighted by Crippen LogP contribution is 2.52. The first-order chi connectivity index (χ1) is 29.5. The molecule has 0 atom stereocenters. The molecule has 3 nitrogen and oxygen atoms in total. The van der Waals surface area contributed by atoms with Crippen molar-refractivity contribution in [2.75, 3.05) is 0 Å². The van der Waals surface area contributed by atoms with Gasteiger partial charge in [0.2, 0.25) is 0 Å². The standard InChI is InChI=1S/C57H39N3/c1-57(2)49-29-10-8-23-44(49)45-27-14-25-42(53(45)57)39-32-33-52-48(35-39)46-28-15-26-43(55(46)60(52)51-31-13-19-36-16-6-7-22-41(36)51)38-20-12-21-40(34-38)56-58-50-30-11-9-24-47(50)54(59-56)37-17-4-3-5-18-37/h3-35H,1-2H3. The molecule has 12 rings (SSSR count). The van der Waals surface area contributed by atoms with E-state index >= 15 is 0 Å². The van der Waals surface area contributed by atoms with E-state index in [9.17, 15) is 0 Å². The molecule has 0 saturated heterocycles. The lowest BCUT2D eigenvalue weighted by Gasteiger charge is -2.24. The maximum absolute atomic E-state index is 5.24. The van der Waals surface area contributed by atoms with E-state index in [1.807, 2.05) is 12.1 Å². The number of hydrogen-bond donors (Lipinski definition) is 0. The van der Waals surface area contributed by atoms with Crippen LogP contribution in [0.15, 0.2) is 200 Å². The average Bonchev–Trinajstić information content (AvgIpc) is 3.76. The van der Waals surface area contributed by atoms with Crippen LogP contribution < -0.4 is 0 Å². The van der Waals surface area contributed by atoms with Gasteiger partial charge in [0.1, 0.15) is 0 Å². The molecule has 0 N–H and O–H groups in total. The molecule has 1 aliphatic carbocycles. The normalized spacial score (nSPS) is 13.0. The molecule has 0 amide bonds. The van der Waals surface area contributed by atoms with Gasteiger partial charge in [-0.1, -0.05) is 184 Å². The van der Waals surface area contributed by atoms with E-state index in [1.54, 1.807) is 0 Å². The van der Waals surface area contributed by atoms with Crippen LogP contribution in [0.2, 0.25) is 0 Å². The zero-order chi connectivity index (χ0) is 40.0. The predicted octanol–water partition coefficient (Wildman–Crippen LogP) is 14.9. The summed E-state index contributed by atoms with van der Waals surface area (Å²) in [4.78, 5) is 10.4. The number of rotatable bonds is 5. The molecule has 0 bridgehead atoms. The van der Waals surface area contributed by atoms with Gasteiger partial charge in [-0.2, -0.15) is 0 Å². The smallest absolute Gasteiger partial charge is 0.160 e. The fourth-order valence-electron chi connectivity index (χ4n) is 10.1. The minimum Gasteiger partial charge on any atom is -0.308 e. The van der Waals surface area contributed by atoms with Crippen molar-refractivity contribution in [2.24, 2.45) is 0 Å². The van der Waals surface area contributed by atoms with Crippen LogP contribution >= 0.6 is 0 Å². The third-order valence-electron chi connectivity index (χ3n) is 12.8. The van der Waals surface area contributed by atoms with Gasteiger partial charge in [0.25, 0.3) is 0 Å². The number of aromatic nitrogens is 3. The second-order valence-corrected chi connectivity index (χ2v) is 16.5. The Kier molecular flexibility index (Phi) is 7.58. The highest BCUT2D eigenvalue weighted by atomic mass is 15.0. The number of hydrogen-bond acceptors (Lipinski definition) is 2. The van der Waals surface area contributed by atoms with Crippen LogP contribution in [-0.2, 0) is 5.41 Å². The molecule has 9 aromatic carbocycles. The summed E-state index contributed by atoms with van der Waals surface area (Å²) in [5.74, 6) is 0.710.